The van der Waals surface area contributed by atoms with Gasteiger partial charge in [-0.2, -0.15) is 0 Å². The molecule has 2 aromatic carbocycles. The van der Waals surface area contributed by atoms with Crippen molar-refractivity contribution in [2.24, 2.45) is 0 Å². The molecule has 0 amide bonds. The van der Waals surface area contributed by atoms with Gasteiger partial charge in [-0.25, -0.2) is 0 Å². The lowest BCUT2D eigenvalue weighted by molar-refractivity contribution is -0.385. The van der Waals surface area contributed by atoms with Gasteiger partial charge in [0.05, 0.1) is 26.3 Å². The van der Waals surface area contributed by atoms with Crippen LogP contribution < -0.4 is 14.2 Å². The molecule has 0 unspecified atom stereocenters. The van der Waals surface area contributed by atoms with Crippen LogP contribution in [0, 0.1) is 10.1 Å². The minimum absolute atomic E-state index is 0.0238. The average molecular weight is 317 g/mol. The third-order valence-corrected chi connectivity index (χ3v) is 3.25. The molecule has 0 saturated heterocycles. The fourth-order valence-corrected chi connectivity index (χ4v) is 2.07. The molecule has 0 aromatic heterocycles. The molecule has 0 spiro atoms. The molecule has 0 N–H and O–H groups in total. The summed E-state index contributed by atoms with van der Waals surface area (Å²) in [4.78, 5) is 22.9. The summed E-state index contributed by atoms with van der Waals surface area (Å²) < 4.78 is 15.2. The number of hydrogen-bond donors (Lipinski definition) is 0. The molecule has 0 radical (unpaired) electrons. The van der Waals surface area contributed by atoms with Gasteiger partial charge in [0, 0.05) is 23.3 Å². The lowest BCUT2D eigenvalue weighted by Crippen LogP contribution is -2.04. The highest BCUT2D eigenvalue weighted by atomic mass is 16.6. The molecular formula is C16H15NO6. The Morgan fingerprint density at radius 1 is 0.913 bits per heavy atom. The number of nitro groups is 1. The maximum atomic E-state index is 12.6. The first-order valence-corrected chi connectivity index (χ1v) is 6.60. The number of nitrogens with zero attached hydrogens (tertiary/aromatic N) is 1. The Morgan fingerprint density at radius 3 is 2.00 bits per heavy atom. The molecule has 0 bridgehead atoms. The van der Waals surface area contributed by atoms with Crippen molar-refractivity contribution >= 4 is 11.5 Å². The number of carbonyl (C=O) groups excluding carboxylic acids is 1. The summed E-state index contributed by atoms with van der Waals surface area (Å²) in [7, 11) is 4.28. The molecule has 0 fully saturated rings. The molecule has 0 atom stereocenters. The highest BCUT2D eigenvalue weighted by Gasteiger charge is 2.19. The van der Waals surface area contributed by atoms with Crippen molar-refractivity contribution in [1.82, 2.24) is 0 Å². The third kappa shape index (κ3) is 3.39. The topological polar surface area (TPSA) is 87.9 Å². The molecule has 0 aliphatic heterocycles. The maximum Gasteiger partial charge on any atom is 0.310 e. The van der Waals surface area contributed by atoms with Crippen molar-refractivity contribution in [3.8, 4) is 17.2 Å². The van der Waals surface area contributed by atoms with Gasteiger partial charge >= 0.3 is 5.69 Å². The number of ketones is 1. The van der Waals surface area contributed by atoms with Gasteiger partial charge in [-0.15, -0.1) is 0 Å². The Hall–Kier alpha value is -3.09. The second-order valence-electron chi connectivity index (χ2n) is 4.57. The first-order chi connectivity index (χ1) is 11.0. The van der Waals surface area contributed by atoms with E-state index in [1.807, 2.05) is 0 Å². The number of carbonyl (C=O) groups is 1. The molecule has 7 nitrogen and oxygen atoms in total. The van der Waals surface area contributed by atoms with Crippen LogP contribution in [0.3, 0.4) is 0 Å². The normalized spacial score (nSPS) is 10.0. The Labute approximate surface area is 132 Å². The zero-order chi connectivity index (χ0) is 17.0. The van der Waals surface area contributed by atoms with E-state index in [2.05, 4.69) is 0 Å². The van der Waals surface area contributed by atoms with Crippen LogP contribution in [0.25, 0.3) is 0 Å². The van der Waals surface area contributed by atoms with E-state index >= 15 is 0 Å². The summed E-state index contributed by atoms with van der Waals surface area (Å²) in [5, 5.41) is 10.9. The largest absolute Gasteiger partial charge is 0.497 e. The summed E-state index contributed by atoms with van der Waals surface area (Å²) in [6, 6.07) is 8.75. The van der Waals surface area contributed by atoms with Gasteiger partial charge < -0.3 is 14.2 Å². The van der Waals surface area contributed by atoms with E-state index in [4.69, 9.17) is 14.2 Å². The van der Waals surface area contributed by atoms with E-state index in [1.165, 1.54) is 39.5 Å². The van der Waals surface area contributed by atoms with E-state index in [1.54, 1.807) is 18.2 Å². The van der Waals surface area contributed by atoms with Crippen molar-refractivity contribution < 1.29 is 23.9 Å². The van der Waals surface area contributed by atoms with Crippen LogP contribution in [0.15, 0.2) is 36.4 Å². The monoisotopic (exact) mass is 317 g/mol. The lowest BCUT2D eigenvalue weighted by atomic mass is 10.0. The predicted molar refractivity (Wildman–Crippen MR) is 82.6 cm³/mol. The molecule has 7 heteroatoms. The lowest BCUT2D eigenvalue weighted by Gasteiger charge is -2.09. The van der Waals surface area contributed by atoms with Gasteiger partial charge in [-0.3, -0.25) is 14.9 Å². The van der Waals surface area contributed by atoms with Gasteiger partial charge in [0.15, 0.2) is 11.5 Å². The fraction of sp³-hybridized carbons (Fsp3) is 0.188. The van der Waals surface area contributed by atoms with Crippen molar-refractivity contribution in [3.05, 3.63) is 57.6 Å². The van der Waals surface area contributed by atoms with Crippen LogP contribution in [0.1, 0.15) is 15.9 Å². The second-order valence-corrected chi connectivity index (χ2v) is 4.57. The fourth-order valence-electron chi connectivity index (χ4n) is 2.07. The Morgan fingerprint density at radius 2 is 1.52 bits per heavy atom. The number of rotatable bonds is 6. The number of ether oxygens (including phenoxy) is 3. The van der Waals surface area contributed by atoms with Crippen molar-refractivity contribution in [2.75, 3.05) is 21.3 Å². The molecule has 0 aliphatic rings. The Bertz CT molecular complexity index is 734. The SMILES string of the molecule is COc1cc(OC)cc(C(=O)c2ccc([N+](=O)[O-])c(OC)c2)c1. The Balaban J connectivity index is 2.46. The van der Waals surface area contributed by atoms with Gasteiger partial charge in [-0.05, 0) is 24.3 Å². The van der Waals surface area contributed by atoms with Gasteiger partial charge in [-0.1, -0.05) is 0 Å². The summed E-state index contributed by atoms with van der Waals surface area (Å²) >= 11 is 0. The van der Waals surface area contributed by atoms with E-state index in [9.17, 15) is 14.9 Å². The van der Waals surface area contributed by atoms with Crippen LogP contribution in [0.2, 0.25) is 0 Å². The predicted octanol–water partition coefficient (Wildman–Crippen LogP) is 2.85. The summed E-state index contributed by atoms with van der Waals surface area (Å²) in [5.74, 6) is 0.647. The van der Waals surface area contributed by atoms with Crippen molar-refractivity contribution in [1.29, 1.82) is 0 Å². The molecule has 2 rings (SSSR count). The van der Waals surface area contributed by atoms with E-state index in [0.29, 0.717) is 17.1 Å². The average Bonchev–Trinajstić information content (AvgIpc) is 2.59. The van der Waals surface area contributed by atoms with Crippen LogP contribution >= 0.6 is 0 Å². The van der Waals surface area contributed by atoms with Crippen molar-refractivity contribution in [2.45, 2.75) is 0 Å². The van der Waals surface area contributed by atoms with Crippen LogP contribution in [0.5, 0.6) is 17.2 Å². The van der Waals surface area contributed by atoms with Crippen LogP contribution in [0.4, 0.5) is 5.69 Å². The molecule has 0 heterocycles. The molecule has 2 aromatic rings. The highest BCUT2D eigenvalue weighted by molar-refractivity contribution is 6.09. The second kappa shape index (κ2) is 6.78. The van der Waals surface area contributed by atoms with E-state index in [-0.39, 0.29) is 22.8 Å². The van der Waals surface area contributed by atoms with Gasteiger partial charge in [0.25, 0.3) is 0 Å². The number of nitro benzene ring substituents is 1. The summed E-state index contributed by atoms with van der Waals surface area (Å²) in [5.41, 5.74) is 0.409. The van der Waals surface area contributed by atoms with Crippen molar-refractivity contribution in [3.63, 3.8) is 0 Å². The number of methoxy groups -OCH3 is 3. The van der Waals surface area contributed by atoms with E-state index < -0.39 is 4.92 Å². The minimum Gasteiger partial charge on any atom is -0.497 e. The molecule has 23 heavy (non-hydrogen) atoms. The number of hydrogen-bond acceptors (Lipinski definition) is 6. The molecule has 120 valence electrons. The smallest absolute Gasteiger partial charge is 0.310 e. The van der Waals surface area contributed by atoms with Crippen LogP contribution in [-0.4, -0.2) is 32.0 Å². The minimum atomic E-state index is -0.568. The standard InChI is InChI=1S/C16H15NO6/c1-21-12-6-11(7-13(9-12)22-2)16(18)10-4-5-14(17(19)20)15(8-10)23-3/h4-9H,1-3H3. The zero-order valence-corrected chi connectivity index (χ0v) is 12.9. The van der Waals surface area contributed by atoms with Gasteiger partial charge in [0.2, 0.25) is 0 Å². The Kier molecular flexibility index (Phi) is 4.80. The molecule has 0 saturated carbocycles. The molecule has 0 aliphatic carbocycles. The quantitative estimate of drug-likeness (QED) is 0.462. The number of benzene rings is 2. The first kappa shape index (κ1) is 16.3. The van der Waals surface area contributed by atoms with Gasteiger partial charge in [0.1, 0.15) is 11.5 Å². The highest BCUT2D eigenvalue weighted by Crippen LogP contribution is 2.30. The zero-order valence-electron chi connectivity index (χ0n) is 12.9. The van der Waals surface area contributed by atoms with Crippen LogP contribution in [-0.2, 0) is 0 Å². The summed E-state index contributed by atoms with van der Waals surface area (Å²) in [6.07, 6.45) is 0. The first-order valence-electron chi connectivity index (χ1n) is 6.60. The van der Waals surface area contributed by atoms with E-state index in [0.717, 1.165) is 0 Å². The summed E-state index contributed by atoms with van der Waals surface area (Å²) in [6.45, 7) is 0. The maximum absolute atomic E-state index is 12.6. The molecular weight excluding hydrogens is 302 g/mol. The third-order valence-electron chi connectivity index (χ3n) is 3.25.